The molecule has 24 heavy (non-hydrogen) atoms. The first-order valence-electron chi connectivity index (χ1n) is 8.45. The molecular weight excluding hydrogens is 304 g/mol. The molecule has 0 fully saturated rings. The van der Waals surface area contributed by atoms with Crippen molar-refractivity contribution in [3.63, 3.8) is 0 Å². The van der Waals surface area contributed by atoms with Crippen molar-refractivity contribution in [2.24, 2.45) is 0 Å². The summed E-state index contributed by atoms with van der Waals surface area (Å²) in [6.45, 7) is 6.54. The first kappa shape index (κ1) is 16.6. The third-order valence-corrected chi connectivity index (χ3v) is 7.13. The van der Waals surface area contributed by atoms with Crippen molar-refractivity contribution in [1.29, 1.82) is 0 Å². The van der Waals surface area contributed by atoms with Gasteiger partial charge >= 0.3 is 0 Å². The maximum Gasteiger partial charge on any atom is 0.157 e. The van der Waals surface area contributed by atoms with Crippen LogP contribution in [-0.2, 0) is 5.04 Å². The van der Waals surface area contributed by atoms with Gasteiger partial charge in [0, 0.05) is 5.04 Å². The van der Waals surface area contributed by atoms with E-state index >= 15 is 0 Å². The Morgan fingerprint density at radius 3 is 2.62 bits per heavy atom. The molecule has 0 saturated carbocycles. The van der Waals surface area contributed by atoms with Gasteiger partial charge in [-0.15, -0.1) is 5.54 Å². The Morgan fingerprint density at radius 2 is 1.88 bits per heavy atom. The van der Waals surface area contributed by atoms with E-state index in [1.54, 1.807) is 0 Å². The maximum absolute atomic E-state index is 3.58. The van der Waals surface area contributed by atoms with Crippen molar-refractivity contribution in [3.05, 3.63) is 84.0 Å². The minimum Gasteiger partial charge on any atom is -0.127 e. The molecule has 1 aliphatic carbocycles. The van der Waals surface area contributed by atoms with Crippen LogP contribution in [-0.4, -0.2) is 8.80 Å². The van der Waals surface area contributed by atoms with Gasteiger partial charge in [0.15, 0.2) is 8.80 Å². The molecule has 0 aliphatic heterocycles. The van der Waals surface area contributed by atoms with E-state index in [0.717, 1.165) is 6.42 Å². The lowest BCUT2D eigenvalue weighted by Crippen LogP contribution is -2.39. The summed E-state index contributed by atoms with van der Waals surface area (Å²) in [5.41, 5.74) is 6.26. The van der Waals surface area contributed by atoms with Crippen LogP contribution in [0.15, 0.2) is 78.4 Å². The number of hydrogen-bond acceptors (Lipinski definition) is 0. The molecule has 1 heteroatoms. The van der Waals surface area contributed by atoms with Crippen molar-refractivity contribution >= 4 is 19.6 Å². The quantitative estimate of drug-likeness (QED) is 0.485. The van der Waals surface area contributed by atoms with E-state index in [2.05, 4.69) is 98.6 Å². The fraction of sp³-hybridized carbons (Fsp3) is 0.217. The van der Waals surface area contributed by atoms with E-state index in [4.69, 9.17) is 0 Å². The van der Waals surface area contributed by atoms with E-state index < -0.39 is 8.80 Å². The Balaban J connectivity index is 2.15. The molecule has 2 aromatic rings. The van der Waals surface area contributed by atoms with E-state index in [1.807, 2.05) is 6.08 Å². The first-order chi connectivity index (χ1) is 11.6. The molecule has 1 unspecified atom stereocenters. The molecule has 0 spiro atoms. The summed E-state index contributed by atoms with van der Waals surface area (Å²) in [4.78, 5) is 0. The largest absolute Gasteiger partial charge is 0.157 e. The van der Waals surface area contributed by atoms with Crippen LogP contribution in [0.4, 0.5) is 0 Å². The van der Waals surface area contributed by atoms with Crippen molar-refractivity contribution < 1.29 is 0 Å². The molecule has 0 aromatic heterocycles. The second kappa shape index (κ2) is 7.07. The van der Waals surface area contributed by atoms with Crippen molar-refractivity contribution in [2.75, 3.05) is 0 Å². The van der Waals surface area contributed by atoms with Crippen molar-refractivity contribution in [1.82, 2.24) is 0 Å². The average molecular weight is 328 g/mol. The number of hydrogen-bond donors (Lipinski definition) is 0. The standard InChI is InChI=1S/C23H23Si/c1-19(2)11-10-18-24(3)23(16-7-4-8-17-23)22-15-9-13-20-12-5-6-14-21(20)22/h4-9,11-16H,17H2,1-3H3. The van der Waals surface area contributed by atoms with Crippen LogP contribution in [0.1, 0.15) is 25.8 Å². The Bertz CT molecular complexity index is 880. The summed E-state index contributed by atoms with van der Waals surface area (Å²) in [5, 5.41) is 2.70. The third kappa shape index (κ3) is 3.16. The molecule has 1 radical (unpaired) electrons. The monoisotopic (exact) mass is 327 g/mol. The minimum absolute atomic E-state index is 0.0305. The zero-order chi connectivity index (χ0) is 17.0. The summed E-state index contributed by atoms with van der Waals surface area (Å²) in [6.07, 6.45) is 12.1. The van der Waals surface area contributed by atoms with Crippen LogP contribution < -0.4 is 0 Å². The van der Waals surface area contributed by atoms with Gasteiger partial charge in [-0.05, 0) is 42.7 Å². The number of benzene rings is 2. The predicted octanol–water partition coefficient (Wildman–Crippen LogP) is 5.77. The lowest BCUT2D eigenvalue weighted by Gasteiger charge is -2.35. The SMILES string of the molecule is CC(C)=CC#C[Si](C)C1(c2cccc3ccccc23)C=CC=CC1. The van der Waals surface area contributed by atoms with Crippen LogP contribution in [0.25, 0.3) is 10.8 Å². The molecule has 3 rings (SSSR count). The van der Waals surface area contributed by atoms with Gasteiger partial charge in [0.1, 0.15) is 0 Å². The molecule has 119 valence electrons. The van der Waals surface area contributed by atoms with Crippen molar-refractivity contribution in [2.45, 2.75) is 31.9 Å². The van der Waals surface area contributed by atoms with Crippen LogP contribution in [0.3, 0.4) is 0 Å². The lowest BCUT2D eigenvalue weighted by molar-refractivity contribution is 0.750. The van der Waals surface area contributed by atoms with Gasteiger partial charge in [-0.3, -0.25) is 0 Å². The van der Waals surface area contributed by atoms with Gasteiger partial charge in [-0.1, -0.05) is 84.8 Å². The van der Waals surface area contributed by atoms with Crippen LogP contribution in [0.5, 0.6) is 0 Å². The van der Waals surface area contributed by atoms with Crippen LogP contribution in [0.2, 0.25) is 6.55 Å². The van der Waals surface area contributed by atoms with E-state index in [-0.39, 0.29) is 5.04 Å². The van der Waals surface area contributed by atoms with Crippen LogP contribution >= 0.6 is 0 Å². The summed E-state index contributed by atoms with van der Waals surface area (Å²) in [7, 11) is -0.932. The molecule has 2 aromatic carbocycles. The van der Waals surface area contributed by atoms with E-state index in [1.165, 1.54) is 21.9 Å². The maximum atomic E-state index is 3.58. The van der Waals surface area contributed by atoms with Crippen molar-refractivity contribution in [3.8, 4) is 11.5 Å². The minimum atomic E-state index is -0.932. The molecule has 0 N–H and O–H groups in total. The second-order valence-electron chi connectivity index (χ2n) is 6.61. The predicted molar refractivity (Wildman–Crippen MR) is 107 cm³/mol. The molecule has 0 nitrogen and oxygen atoms in total. The third-order valence-electron chi connectivity index (χ3n) is 4.63. The smallest absolute Gasteiger partial charge is 0.127 e. The molecule has 0 heterocycles. The van der Waals surface area contributed by atoms with Crippen LogP contribution in [0, 0.1) is 11.5 Å². The molecular formula is C23H23Si. The van der Waals surface area contributed by atoms with E-state index in [9.17, 15) is 0 Å². The number of rotatable bonds is 2. The molecule has 0 saturated heterocycles. The lowest BCUT2D eigenvalue weighted by atomic mass is 9.87. The van der Waals surface area contributed by atoms with Gasteiger partial charge in [-0.2, -0.15) is 0 Å². The van der Waals surface area contributed by atoms with Gasteiger partial charge in [0.25, 0.3) is 0 Å². The Morgan fingerprint density at radius 1 is 1.08 bits per heavy atom. The topological polar surface area (TPSA) is 0 Å². The highest BCUT2D eigenvalue weighted by molar-refractivity contribution is 6.70. The van der Waals surface area contributed by atoms with E-state index in [0.29, 0.717) is 0 Å². The zero-order valence-electron chi connectivity index (χ0n) is 14.6. The fourth-order valence-corrected chi connectivity index (χ4v) is 5.22. The average Bonchev–Trinajstić information content (AvgIpc) is 2.61. The number of fused-ring (bicyclic) bond motifs is 1. The summed E-state index contributed by atoms with van der Waals surface area (Å²) in [5.74, 6) is 3.30. The first-order valence-corrected chi connectivity index (χ1v) is 10.4. The number of allylic oxidation sites excluding steroid dienone is 6. The normalized spacial score (nSPS) is 19.2. The van der Waals surface area contributed by atoms with Gasteiger partial charge in [0.2, 0.25) is 0 Å². The summed E-state index contributed by atoms with van der Waals surface area (Å²) >= 11 is 0. The second-order valence-corrected chi connectivity index (χ2v) is 9.00. The highest BCUT2D eigenvalue weighted by atomic mass is 28.3. The van der Waals surface area contributed by atoms with Gasteiger partial charge in [0.05, 0.1) is 0 Å². The molecule has 1 aliphatic rings. The Labute approximate surface area is 147 Å². The summed E-state index contributed by atoms with van der Waals surface area (Å²) in [6, 6.07) is 15.4. The molecule has 0 bridgehead atoms. The Hall–Kier alpha value is -2.30. The Kier molecular flexibility index (Phi) is 4.88. The fourth-order valence-electron chi connectivity index (χ4n) is 3.31. The molecule has 0 amide bonds. The molecule has 1 atom stereocenters. The summed E-state index contributed by atoms with van der Waals surface area (Å²) < 4.78 is 0. The van der Waals surface area contributed by atoms with Gasteiger partial charge in [-0.25, -0.2) is 0 Å². The highest BCUT2D eigenvalue weighted by Gasteiger charge is 2.37. The van der Waals surface area contributed by atoms with Gasteiger partial charge < -0.3 is 0 Å². The zero-order valence-corrected chi connectivity index (χ0v) is 15.6. The highest BCUT2D eigenvalue weighted by Crippen LogP contribution is 2.39.